The molecule has 6 heteroatoms. The van der Waals surface area contributed by atoms with Crippen LogP contribution >= 0.6 is 23.8 Å². The first kappa shape index (κ1) is 14.6. The summed E-state index contributed by atoms with van der Waals surface area (Å²) >= 11 is 10.9. The minimum Gasteiger partial charge on any atom is -0.496 e. The van der Waals surface area contributed by atoms with E-state index in [2.05, 4.69) is 0 Å². The molecule has 2 rings (SSSR count). The van der Waals surface area contributed by atoms with Crippen LogP contribution in [0.1, 0.15) is 5.56 Å². The Kier molecular flexibility index (Phi) is 4.11. The fraction of sp³-hybridized carbons (Fsp3) is 0.143. The molecule has 0 amide bonds. The molecule has 0 atom stereocenters. The van der Waals surface area contributed by atoms with Gasteiger partial charge >= 0.3 is 0 Å². The molecule has 104 valence electrons. The van der Waals surface area contributed by atoms with E-state index >= 15 is 0 Å². The Morgan fingerprint density at radius 3 is 2.65 bits per heavy atom. The number of pyridine rings is 1. The second kappa shape index (κ2) is 5.64. The topological polar surface area (TPSA) is 57.2 Å². The molecule has 4 nitrogen and oxygen atoms in total. The normalized spacial score (nSPS) is 10.3. The molecule has 0 bridgehead atoms. The average Bonchev–Trinajstić information content (AvgIpc) is 2.41. The van der Waals surface area contributed by atoms with Gasteiger partial charge in [0.25, 0.3) is 5.56 Å². The maximum Gasteiger partial charge on any atom is 0.261 e. The minimum absolute atomic E-state index is 0.0789. The van der Waals surface area contributed by atoms with Gasteiger partial charge in [0.1, 0.15) is 10.7 Å². The van der Waals surface area contributed by atoms with Gasteiger partial charge in [0.05, 0.1) is 18.4 Å². The van der Waals surface area contributed by atoms with Crippen molar-refractivity contribution in [2.45, 2.75) is 0 Å². The zero-order chi connectivity index (χ0) is 14.9. The van der Waals surface area contributed by atoms with Gasteiger partial charge in [0, 0.05) is 17.6 Å². The molecule has 1 aromatic heterocycles. The van der Waals surface area contributed by atoms with Crippen LogP contribution in [0.15, 0.2) is 35.1 Å². The number of nitrogens with two attached hydrogens (primary N) is 1. The molecule has 0 aliphatic carbocycles. The third kappa shape index (κ3) is 2.55. The van der Waals surface area contributed by atoms with Crippen molar-refractivity contribution < 1.29 is 4.74 Å². The molecule has 0 radical (unpaired) electrons. The van der Waals surface area contributed by atoms with Gasteiger partial charge in [-0.3, -0.25) is 4.79 Å². The van der Waals surface area contributed by atoms with Crippen LogP contribution in [0.3, 0.4) is 0 Å². The molecule has 1 aromatic carbocycles. The smallest absolute Gasteiger partial charge is 0.261 e. The van der Waals surface area contributed by atoms with Gasteiger partial charge in [0.15, 0.2) is 0 Å². The molecule has 1 heterocycles. The van der Waals surface area contributed by atoms with Crippen molar-refractivity contribution in [2.24, 2.45) is 12.8 Å². The summed E-state index contributed by atoms with van der Waals surface area (Å²) in [5.74, 6) is 0.632. The Morgan fingerprint density at radius 1 is 1.35 bits per heavy atom. The number of nitrogens with zero attached hydrogens (tertiary/aromatic N) is 1. The van der Waals surface area contributed by atoms with Gasteiger partial charge in [0.2, 0.25) is 0 Å². The molecule has 0 spiro atoms. The van der Waals surface area contributed by atoms with E-state index in [1.165, 1.54) is 4.57 Å². The fourth-order valence-corrected chi connectivity index (χ4v) is 2.30. The number of aromatic nitrogens is 1. The predicted molar refractivity (Wildman–Crippen MR) is 84.6 cm³/mol. The highest BCUT2D eigenvalue weighted by Gasteiger charge is 2.13. The number of hydrogen-bond acceptors (Lipinski definition) is 3. The lowest BCUT2D eigenvalue weighted by molar-refractivity contribution is 0.416. The van der Waals surface area contributed by atoms with Crippen LogP contribution in [0.2, 0.25) is 5.02 Å². The maximum atomic E-state index is 12.2. The third-order valence-corrected chi connectivity index (χ3v) is 3.46. The Morgan fingerprint density at radius 2 is 2.05 bits per heavy atom. The first-order chi connectivity index (χ1) is 9.45. The van der Waals surface area contributed by atoms with Crippen LogP contribution in [-0.2, 0) is 7.05 Å². The van der Waals surface area contributed by atoms with E-state index < -0.39 is 0 Å². The summed E-state index contributed by atoms with van der Waals surface area (Å²) in [7, 11) is 3.22. The SMILES string of the molecule is COc1ccc(Cl)cc1-c1ccc(C(N)=S)c(=O)n1C. The molecular weight excluding hydrogens is 296 g/mol. The highest BCUT2D eigenvalue weighted by atomic mass is 35.5. The van der Waals surface area contributed by atoms with Crippen molar-refractivity contribution in [3.8, 4) is 17.0 Å². The van der Waals surface area contributed by atoms with Crippen molar-refractivity contribution in [2.75, 3.05) is 7.11 Å². The zero-order valence-electron chi connectivity index (χ0n) is 11.0. The maximum absolute atomic E-state index is 12.2. The largest absolute Gasteiger partial charge is 0.496 e. The highest BCUT2D eigenvalue weighted by Crippen LogP contribution is 2.31. The molecule has 0 saturated carbocycles. The molecule has 0 aliphatic rings. The predicted octanol–water partition coefficient (Wildman–Crippen LogP) is 2.35. The van der Waals surface area contributed by atoms with Crippen molar-refractivity contribution in [1.82, 2.24) is 4.57 Å². The average molecular weight is 309 g/mol. The lowest BCUT2D eigenvalue weighted by Gasteiger charge is -2.13. The summed E-state index contributed by atoms with van der Waals surface area (Å²) in [5, 5.41) is 0.562. The van der Waals surface area contributed by atoms with Crippen LogP contribution in [0.5, 0.6) is 5.75 Å². The van der Waals surface area contributed by atoms with Gasteiger partial charge in [-0.15, -0.1) is 0 Å². The number of thiocarbonyl (C=S) groups is 1. The molecular formula is C14H13ClN2O2S. The number of hydrogen-bond donors (Lipinski definition) is 1. The minimum atomic E-state index is -0.253. The van der Waals surface area contributed by atoms with Gasteiger partial charge in [-0.1, -0.05) is 23.8 Å². The molecule has 0 saturated heterocycles. The van der Waals surface area contributed by atoms with Crippen molar-refractivity contribution in [1.29, 1.82) is 0 Å². The second-order valence-electron chi connectivity index (χ2n) is 4.21. The van der Waals surface area contributed by atoms with E-state index in [-0.39, 0.29) is 10.5 Å². The van der Waals surface area contributed by atoms with E-state index in [1.807, 2.05) is 0 Å². The summed E-state index contributed by atoms with van der Waals surface area (Å²) in [6.07, 6.45) is 0. The number of halogens is 1. The van der Waals surface area contributed by atoms with Crippen molar-refractivity contribution in [3.63, 3.8) is 0 Å². The van der Waals surface area contributed by atoms with E-state index in [9.17, 15) is 4.79 Å². The highest BCUT2D eigenvalue weighted by molar-refractivity contribution is 7.80. The van der Waals surface area contributed by atoms with E-state index in [0.29, 0.717) is 22.0 Å². The van der Waals surface area contributed by atoms with Crippen LogP contribution < -0.4 is 16.0 Å². The lowest BCUT2D eigenvalue weighted by atomic mass is 10.1. The van der Waals surface area contributed by atoms with Gasteiger partial charge in [-0.05, 0) is 30.3 Å². The molecule has 0 aliphatic heterocycles. The number of benzene rings is 1. The monoisotopic (exact) mass is 308 g/mol. The third-order valence-electron chi connectivity index (χ3n) is 3.01. The van der Waals surface area contributed by atoms with Crippen molar-refractivity contribution >= 4 is 28.8 Å². The summed E-state index contributed by atoms with van der Waals surface area (Å²) in [6.45, 7) is 0. The first-order valence-corrected chi connectivity index (χ1v) is 6.58. The lowest BCUT2D eigenvalue weighted by Crippen LogP contribution is -2.28. The van der Waals surface area contributed by atoms with Gasteiger partial charge in [-0.25, -0.2) is 0 Å². The fourth-order valence-electron chi connectivity index (χ4n) is 1.97. The standard InChI is InChI=1S/C14H13ClN2O2S/c1-17-11(5-4-9(13(16)20)14(17)18)10-7-8(15)3-6-12(10)19-2/h3-7H,1-2H3,(H2,16,20). The zero-order valence-corrected chi connectivity index (χ0v) is 12.6. The Balaban J connectivity index is 2.72. The molecule has 20 heavy (non-hydrogen) atoms. The molecule has 0 unspecified atom stereocenters. The van der Waals surface area contributed by atoms with Crippen LogP contribution in [0.25, 0.3) is 11.3 Å². The van der Waals surface area contributed by atoms with Crippen LogP contribution in [0.4, 0.5) is 0 Å². The molecule has 2 N–H and O–H groups in total. The van der Waals surface area contributed by atoms with E-state index in [1.54, 1.807) is 44.5 Å². The quantitative estimate of drug-likeness (QED) is 0.884. The molecule has 0 fully saturated rings. The summed E-state index contributed by atoms with van der Waals surface area (Å²) in [5.41, 5.74) is 6.99. The first-order valence-electron chi connectivity index (χ1n) is 5.79. The van der Waals surface area contributed by atoms with Gasteiger partial charge < -0.3 is 15.0 Å². The Bertz CT molecular complexity index is 740. The van der Waals surface area contributed by atoms with E-state index in [4.69, 9.17) is 34.3 Å². The van der Waals surface area contributed by atoms with Crippen LogP contribution in [-0.4, -0.2) is 16.7 Å². The molecule has 2 aromatic rings. The Labute approximate surface area is 126 Å². The number of ether oxygens (including phenoxy) is 1. The summed E-state index contributed by atoms with van der Waals surface area (Å²) < 4.78 is 6.78. The second-order valence-corrected chi connectivity index (χ2v) is 5.08. The van der Waals surface area contributed by atoms with Crippen LogP contribution in [0, 0.1) is 0 Å². The number of rotatable bonds is 3. The summed E-state index contributed by atoms with van der Waals surface area (Å²) in [6, 6.07) is 8.61. The van der Waals surface area contributed by atoms with Crippen molar-refractivity contribution in [3.05, 3.63) is 51.3 Å². The van der Waals surface area contributed by atoms with E-state index in [0.717, 1.165) is 5.56 Å². The number of methoxy groups -OCH3 is 1. The Hall–Kier alpha value is -1.85. The van der Waals surface area contributed by atoms with Gasteiger partial charge in [-0.2, -0.15) is 0 Å². The summed E-state index contributed by atoms with van der Waals surface area (Å²) in [4.78, 5) is 12.3.